The van der Waals surface area contributed by atoms with Crippen LogP contribution in [0.2, 0.25) is 0 Å². The van der Waals surface area contributed by atoms with Gasteiger partial charge in [0.15, 0.2) is 21.2 Å². The number of nitrogens with one attached hydrogen (secondary N) is 2. The predicted molar refractivity (Wildman–Crippen MR) is 118 cm³/mol. The Morgan fingerprint density at radius 3 is 2.58 bits per heavy atom. The number of fused-ring (bicyclic) bond motifs is 1. The summed E-state index contributed by atoms with van der Waals surface area (Å²) < 4.78 is 58.8. The van der Waals surface area contributed by atoms with E-state index in [4.69, 9.17) is 4.74 Å². The quantitative estimate of drug-likeness (QED) is 0.528. The monoisotopic (exact) mass is 478 g/mol. The third-order valence-electron chi connectivity index (χ3n) is 5.65. The van der Waals surface area contributed by atoms with Crippen LogP contribution < -0.4 is 15.6 Å². The maximum Gasteiger partial charge on any atom is 0.284 e. The number of ether oxygens (including phenoxy) is 1. The van der Waals surface area contributed by atoms with Gasteiger partial charge in [-0.3, -0.25) is 14.6 Å². The fourth-order valence-electron chi connectivity index (χ4n) is 3.98. The fourth-order valence-corrected chi connectivity index (χ4v) is 6.11. The summed E-state index contributed by atoms with van der Waals surface area (Å²) in [5.41, 5.74) is 6.90. The molecule has 3 heterocycles. The van der Waals surface area contributed by atoms with E-state index in [1.807, 2.05) is 0 Å². The van der Waals surface area contributed by atoms with Crippen LogP contribution in [0.1, 0.15) is 34.2 Å². The zero-order chi connectivity index (χ0) is 23.9. The SMILES string of the molecule is Cc1cc(OCc2c(F)cccc2F)c2nc(C)c(C(=O)NNC3CS(=O)(=O)CC3C)n2c1. The number of carbonyl (C=O) groups is 1. The van der Waals surface area contributed by atoms with E-state index in [1.165, 1.54) is 6.07 Å². The van der Waals surface area contributed by atoms with E-state index in [0.29, 0.717) is 11.3 Å². The van der Waals surface area contributed by atoms with Gasteiger partial charge in [0.1, 0.15) is 23.9 Å². The maximum absolute atomic E-state index is 14.0. The number of imidazole rings is 1. The molecular formula is C22H24F2N4O4S. The number of hydrazine groups is 1. The number of pyridine rings is 1. The molecule has 2 aromatic heterocycles. The predicted octanol–water partition coefficient (Wildman–Crippen LogP) is 2.48. The van der Waals surface area contributed by atoms with Crippen LogP contribution >= 0.6 is 0 Å². The lowest BCUT2D eigenvalue weighted by Gasteiger charge is -2.16. The lowest BCUT2D eigenvalue weighted by atomic mass is 10.1. The summed E-state index contributed by atoms with van der Waals surface area (Å²) in [6.07, 6.45) is 1.70. The molecule has 2 N–H and O–H groups in total. The second-order valence-corrected chi connectivity index (χ2v) is 10.5. The maximum atomic E-state index is 14.0. The second-order valence-electron chi connectivity index (χ2n) is 8.37. The Balaban J connectivity index is 1.58. The number of hydrogen-bond acceptors (Lipinski definition) is 6. The first-order chi connectivity index (χ1) is 15.6. The summed E-state index contributed by atoms with van der Waals surface area (Å²) in [6, 6.07) is 4.86. The number of benzene rings is 1. The number of aromatic nitrogens is 2. The van der Waals surface area contributed by atoms with Crippen LogP contribution in [0.15, 0.2) is 30.5 Å². The molecule has 11 heteroatoms. The van der Waals surface area contributed by atoms with Gasteiger partial charge in [0.05, 0.1) is 22.8 Å². The van der Waals surface area contributed by atoms with Gasteiger partial charge in [-0.15, -0.1) is 0 Å². The minimum absolute atomic E-state index is 0.0513. The van der Waals surface area contributed by atoms with Gasteiger partial charge < -0.3 is 4.74 Å². The third-order valence-corrected chi connectivity index (χ3v) is 7.55. The van der Waals surface area contributed by atoms with Gasteiger partial charge in [0.25, 0.3) is 5.91 Å². The third kappa shape index (κ3) is 4.69. The van der Waals surface area contributed by atoms with E-state index in [9.17, 15) is 22.0 Å². The molecule has 1 aromatic carbocycles. The number of aryl methyl sites for hydroxylation is 2. The highest BCUT2D eigenvalue weighted by Crippen LogP contribution is 2.26. The lowest BCUT2D eigenvalue weighted by molar-refractivity contribution is 0.0916. The molecule has 0 spiro atoms. The molecule has 1 aliphatic heterocycles. The highest BCUT2D eigenvalue weighted by atomic mass is 32.2. The van der Waals surface area contributed by atoms with E-state index >= 15 is 0 Å². The summed E-state index contributed by atoms with van der Waals surface area (Å²) in [5.74, 6) is -1.78. The summed E-state index contributed by atoms with van der Waals surface area (Å²) >= 11 is 0. The highest BCUT2D eigenvalue weighted by Gasteiger charge is 2.35. The Hall–Kier alpha value is -3.05. The van der Waals surface area contributed by atoms with Gasteiger partial charge >= 0.3 is 0 Å². The first kappa shape index (κ1) is 23.1. The molecule has 1 aliphatic rings. The van der Waals surface area contributed by atoms with Crippen molar-refractivity contribution in [3.8, 4) is 5.75 Å². The molecule has 1 amide bonds. The van der Waals surface area contributed by atoms with E-state index in [0.717, 1.165) is 17.7 Å². The van der Waals surface area contributed by atoms with Gasteiger partial charge in [-0.1, -0.05) is 13.0 Å². The Kier molecular flexibility index (Phi) is 6.10. The Bertz CT molecular complexity index is 1320. The largest absolute Gasteiger partial charge is 0.485 e. The Labute approximate surface area is 189 Å². The van der Waals surface area contributed by atoms with E-state index in [1.54, 1.807) is 37.4 Å². The normalized spacial score (nSPS) is 19.7. The average molecular weight is 479 g/mol. The molecule has 0 saturated carbocycles. The topological polar surface area (TPSA) is 102 Å². The Morgan fingerprint density at radius 2 is 1.94 bits per heavy atom. The van der Waals surface area contributed by atoms with E-state index in [-0.39, 0.29) is 41.0 Å². The summed E-state index contributed by atoms with van der Waals surface area (Å²) in [4.78, 5) is 17.3. The van der Waals surface area contributed by atoms with Crippen LogP contribution in [0.5, 0.6) is 5.75 Å². The smallest absolute Gasteiger partial charge is 0.284 e. The molecule has 2 atom stereocenters. The molecule has 0 aliphatic carbocycles. The molecule has 3 aromatic rings. The van der Waals surface area contributed by atoms with Crippen LogP contribution in [0, 0.1) is 31.4 Å². The van der Waals surface area contributed by atoms with Crippen LogP contribution in [-0.4, -0.2) is 41.3 Å². The van der Waals surface area contributed by atoms with Crippen LogP contribution in [0.4, 0.5) is 8.78 Å². The van der Waals surface area contributed by atoms with Gasteiger partial charge in [0, 0.05) is 12.2 Å². The van der Waals surface area contributed by atoms with Crippen LogP contribution in [0.25, 0.3) is 5.65 Å². The number of carbonyl (C=O) groups excluding carboxylic acids is 1. The van der Waals surface area contributed by atoms with E-state index < -0.39 is 33.4 Å². The zero-order valence-electron chi connectivity index (χ0n) is 18.4. The summed E-state index contributed by atoms with van der Waals surface area (Å²) in [6.45, 7) is 4.90. The summed E-state index contributed by atoms with van der Waals surface area (Å²) in [7, 11) is -3.14. The van der Waals surface area contributed by atoms with Crippen molar-refractivity contribution < 1.29 is 26.7 Å². The molecular weight excluding hydrogens is 454 g/mol. The molecule has 2 unspecified atom stereocenters. The van der Waals surface area contributed by atoms with Crippen molar-refractivity contribution in [2.45, 2.75) is 33.4 Å². The first-order valence-electron chi connectivity index (χ1n) is 10.4. The van der Waals surface area contributed by atoms with Crippen molar-refractivity contribution >= 4 is 21.4 Å². The molecule has 8 nitrogen and oxygen atoms in total. The summed E-state index contributed by atoms with van der Waals surface area (Å²) in [5, 5.41) is 0. The minimum atomic E-state index is -3.14. The molecule has 176 valence electrons. The van der Waals surface area contributed by atoms with Crippen LogP contribution in [-0.2, 0) is 16.4 Å². The number of amides is 1. The molecule has 4 rings (SSSR count). The van der Waals surface area contributed by atoms with Crippen molar-refractivity contribution in [2.75, 3.05) is 11.5 Å². The van der Waals surface area contributed by atoms with Gasteiger partial charge in [-0.2, -0.15) is 0 Å². The standard InChI is InChI=1S/C22H24F2N4O4S/c1-12-7-19(32-9-15-16(23)5-4-6-17(15)24)21-25-14(3)20(28(21)8-12)22(29)27-26-18-11-33(30,31)10-13(18)2/h4-8,13,18,26H,9-11H2,1-3H3,(H,27,29). The number of hydrogen-bond donors (Lipinski definition) is 2. The second kappa shape index (κ2) is 8.71. The van der Waals surface area contributed by atoms with Gasteiger partial charge in [-0.25, -0.2) is 27.6 Å². The molecule has 1 fully saturated rings. The highest BCUT2D eigenvalue weighted by molar-refractivity contribution is 7.91. The lowest BCUT2D eigenvalue weighted by Crippen LogP contribution is -2.47. The molecule has 0 radical (unpaired) electrons. The minimum Gasteiger partial charge on any atom is -0.485 e. The molecule has 33 heavy (non-hydrogen) atoms. The van der Waals surface area contributed by atoms with Crippen molar-refractivity contribution in [3.05, 3.63) is 64.6 Å². The van der Waals surface area contributed by atoms with Crippen LogP contribution in [0.3, 0.4) is 0 Å². The molecule has 0 bridgehead atoms. The van der Waals surface area contributed by atoms with Crippen molar-refractivity contribution in [2.24, 2.45) is 5.92 Å². The van der Waals surface area contributed by atoms with Gasteiger partial charge in [-0.05, 0) is 43.5 Å². The van der Waals surface area contributed by atoms with Gasteiger partial charge in [0.2, 0.25) is 0 Å². The van der Waals surface area contributed by atoms with Crippen molar-refractivity contribution in [1.29, 1.82) is 0 Å². The van der Waals surface area contributed by atoms with Crippen molar-refractivity contribution in [1.82, 2.24) is 20.2 Å². The number of rotatable bonds is 6. The fraction of sp³-hybridized carbons (Fsp3) is 0.364. The average Bonchev–Trinajstić information content (AvgIpc) is 3.19. The first-order valence-corrected chi connectivity index (χ1v) is 12.2. The number of sulfone groups is 1. The number of nitrogens with zero attached hydrogens (tertiary/aromatic N) is 2. The zero-order valence-corrected chi connectivity index (χ0v) is 19.2. The number of halogens is 2. The van der Waals surface area contributed by atoms with E-state index in [2.05, 4.69) is 15.8 Å². The van der Waals surface area contributed by atoms with Crippen molar-refractivity contribution in [3.63, 3.8) is 0 Å². The molecule has 1 saturated heterocycles. The Morgan fingerprint density at radius 1 is 1.24 bits per heavy atom.